The van der Waals surface area contributed by atoms with Crippen molar-refractivity contribution in [3.05, 3.63) is 47.8 Å². The summed E-state index contributed by atoms with van der Waals surface area (Å²) in [6, 6.07) is 9.65. The number of ether oxygens (including phenoxy) is 1. The fraction of sp³-hybridized carbons (Fsp3) is 0.440. The van der Waals surface area contributed by atoms with E-state index in [2.05, 4.69) is 5.32 Å². The molecule has 0 radical (unpaired) electrons. The fourth-order valence-electron chi connectivity index (χ4n) is 5.13. The highest BCUT2D eigenvalue weighted by Gasteiger charge is 2.37. The highest BCUT2D eigenvalue weighted by Crippen LogP contribution is 2.35. The SMILES string of the molecule is Cc1cc2c(cc1S(=O)(=O)N1CCC[C@@H](C(=O)N3CCN(c4ccccc4F)CC3)C1)OCC(=O)N2. The highest BCUT2D eigenvalue weighted by atomic mass is 32.2. The number of anilines is 2. The number of carbonyl (C=O) groups excluding carboxylic acids is 2. The first-order valence-electron chi connectivity index (χ1n) is 12.1. The molecule has 2 aromatic carbocycles. The van der Waals surface area contributed by atoms with Crippen LogP contribution in [0.3, 0.4) is 0 Å². The first-order valence-corrected chi connectivity index (χ1v) is 13.5. The van der Waals surface area contributed by atoms with Gasteiger partial charge in [-0.2, -0.15) is 4.31 Å². The predicted octanol–water partition coefficient (Wildman–Crippen LogP) is 2.21. The number of fused-ring (bicyclic) bond motifs is 1. The fourth-order valence-corrected chi connectivity index (χ4v) is 6.88. The summed E-state index contributed by atoms with van der Waals surface area (Å²) in [4.78, 5) is 28.7. The van der Waals surface area contributed by atoms with Gasteiger partial charge in [-0.1, -0.05) is 12.1 Å². The average Bonchev–Trinajstić information content (AvgIpc) is 2.88. The van der Waals surface area contributed by atoms with Gasteiger partial charge in [0, 0.05) is 45.3 Å². The lowest BCUT2D eigenvalue weighted by Gasteiger charge is -2.39. The number of sulfonamides is 1. The number of nitrogens with zero attached hydrogens (tertiary/aromatic N) is 3. The van der Waals surface area contributed by atoms with Crippen LogP contribution < -0.4 is 15.0 Å². The van der Waals surface area contributed by atoms with Crippen LogP contribution in [0.4, 0.5) is 15.8 Å². The number of piperazine rings is 1. The van der Waals surface area contributed by atoms with Crippen LogP contribution in [0.5, 0.6) is 5.75 Å². The van der Waals surface area contributed by atoms with Gasteiger partial charge in [0.15, 0.2) is 6.61 Å². The molecule has 0 bridgehead atoms. The second-order valence-corrected chi connectivity index (χ2v) is 11.3. The molecular formula is C25H29FN4O5S. The van der Waals surface area contributed by atoms with Crippen molar-refractivity contribution in [2.75, 3.05) is 56.1 Å². The molecule has 0 saturated carbocycles. The van der Waals surface area contributed by atoms with Crippen LogP contribution in [-0.2, 0) is 19.6 Å². The number of carbonyl (C=O) groups is 2. The van der Waals surface area contributed by atoms with Crippen LogP contribution in [0.2, 0.25) is 0 Å². The van der Waals surface area contributed by atoms with E-state index < -0.39 is 15.9 Å². The van der Waals surface area contributed by atoms with Crippen LogP contribution in [0.25, 0.3) is 0 Å². The van der Waals surface area contributed by atoms with E-state index in [1.54, 1.807) is 36.1 Å². The molecule has 0 aliphatic carbocycles. The smallest absolute Gasteiger partial charge is 0.262 e. The quantitative estimate of drug-likeness (QED) is 0.669. The van der Waals surface area contributed by atoms with Gasteiger partial charge < -0.3 is 19.9 Å². The van der Waals surface area contributed by atoms with E-state index in [1.807, 2.05) is 4.90 Å². The van der Waals surface area contributed by atoms with Gasteiger partial charge in [0.25, 0.3) is 5.91 Å². The number of aryl methyl sites for hydroxylation is 1. The first-order chi connectivity index (χ1) is 17.2. The Morgan fingerprint density at radius 1 is 1.11 bits per heavy atom. The Morgan fingerprint density at radius 3 is 2.61 bits per heavy atom. The van der Waals surface area contributed by atoms with E-state index in [0.29, 0.717) is 68.3 Å². The third-order valence-corrected chi connectivity index (χ3v) is 9.05. The van der Waals surface area contributed by atoms with Crippen molar-refractivity contribution in [2.45, 2.75) is 24.7 Å². The second-order valence-electron chi connectivity index (χ2n) is 9.42. The lowest BCUT2D eigenvalue weighted by Crippen LogP contribution is -2.53. The first kappa shape index (κ1) is 24.5. The summed E-state index contributed by atoms with van der Waals surface area (Å²) >= 11 is 0. The van der Waals surface area contributed by atoms with Crippen molar-refractivity contribution in [3.63, 3.8) is 0 Å². The van der Waals surface area contributed by atoms with Gasteiger partial charge in [0.05, 0.1) is 22.2 Å². The Bertz CT molecular complexity index is 1290. The minimum absolute atomic E-state index is 0.0590. The average molecular weight is 517 g/mol. The molecule has 192 valence electrons. The monoisotopic (exact) mass is 516 g/mol. The molecule has 2 saturated heterocycles. The Labute approximate surface area is 209 Å². The van der Waals surface area contributed by atoms with Crippen molar-refractivity contribution in [1.82, 2.24) is 9.21 Å². The number of amides is 2. The van der Waals surface area contributed by atoms with Gasteiger partial charge in [-0.15, -0.1) is 0 Å². The number of nitrogens with one attached hydrogen (secondary N) is 1. The predicted molar refractivity (Wildman–Crippen MR) is 132 cm³/mol. The zero-order valence-electron chi connectivity index (χ0n) is 20.1. The number of piperidine rings is 1. The number of benzene rings is 2. The van der Waals surface area contributed by atoms with E-state index in [4.69, 9.17) is 4.74 Å². The number of halogens is 1. The van der Waals surface area contributed by atoms with E-state index in [9.17, 15) is 22.4 Å². The highest BCUT2D eigenvalue weighted by molar-refractivity contribution is 7.89. The maximum atomic E-state index is 14.1. The molecular weight excluding hydrogens is 487 g/mol. The molecule has 2 aromatic rings. The van der Waals surface area contributed by atoms with Crippen molar-refractivity contribution in [3.8, 4) is 5.75 Å². The van der Waals surface area contributed by atoms with Gasteiger partial charge in [0.1, 0.15) is 11.6 Å². The standard InChI is InChI=1S/C25H29FN4O5S/c1-17-13-20-22(35-16-24(31)27-20)14-23(17)36(33,34)30-8-4-5-18(15-30)25(32)29-11-9-28(10-12-29)21-7-3-2-6-19(21)26/h2-3,6-7,13-14,18H,4-5,8-12,15-16H2,1H3,(H,27,31)/t18-/m1/s1. The zero-order chi connectivity index (χ0) is 25.4. The molecule has 0 aromatic heterocycles. The van der Waals surface area contributed by atoms with Crippen molar-refractivity contribution in [1.29, 1.82) is 0 Å². The van der Waals surface area contributed by atoms with Crippen molar-refractivity contribution < 1.29 is 27.1 Å². The molecule has 5 rings (SSSR count). The topological polar surface area (TPSA) is 99.3 Å². The molecule has 0 spiro atoms. The van der Waals surface area contributed by atoms with E-state index >= 15 is 0 Å². The summed E-state index contributed by atoms with van der Waals surface area (Å²) in [5, 5.41) is 2.69. The summed E-state index contributed by atoms with van der Waals surface area (Å²) in [6.45, 7) is 3.92. The van der Waals surface area contributed by atoms with Gasteiger partial charge in [-0.25, -0.2) is 12.8 Å². The van der Waals surface area contributed by atoms with Crippen molar-refractivity contribution in [2.24, 2.45) is 5.92 Å². The minimum Gasteiger partial charge on any atom is -0.482 e. The number of para-hydroxylation sites is 1. The van der Waals surface area contributed by atoms with E-state index in [1.165, 1.54) is 16.4 Å². The van der Waals surface area contributed by atoms with E-state index in [0.717, 1.165) is 0 Å². The molecule has 1 atom stereocenters. The largest absolute Gasteiger partial charge is 0.482 e. The molecule has 3 heterocycles. The van der Waals surface area contributed by atoms with Gasteiger partial charge >= 0.3 is 0 Å². The molecule has 3 aliphatic rings. The molecule has 2 amide bonds. The summed E-state index contributed by atoms with van der Waals surface area (Å²) in [5.41, 5.74) is 1.48. The lowest BCUT2D eigenvalue weighted by molar-refractivity contribution is -0.137. The van der Waals surface area contributed by atoms with Gasteiger partial charge in [-0.3, -0.25) is 9.59 Å². The summed E-state index contributed by atoms with van der Waals surface area (Å²) in [5.74, 6) is -0.741. The Balaban J connectivity index is 1.27. The van der Waals surface area contributed by atoms with Crippen LogP contribution in [0, 0.1) is 18.7 Å². The molecule has 0 unspecified atom stereocenters. The Hall–Kier alpha value is -3.18. The third-order valence-electron chi connectivity index (χ3n) is 7.05. The van der Waals surface area contributed by atoms with Crippen molar-refractivity contribution >= 4 is 33.2 Å². The zero-order valence-corrected chi connectivity index (χ0v) is 20.9. The second kappa shape index (κ2) is 9.70. The molecule has 2 fully saturated rings. The number of hydrogen-bond donors (Lipinski definition) is 1. The van der Waals surface area contributed by atoms with Crippen LogP contribution in [0.15, 0.2) is 41.3 Å². The number of rotatable bonds is 4. The minimum atomic E-state index is -3.87. The van der Waals surface area contributed by atoms with E-state index in [-0.39, 0.29) is 35.7 Å². The maximum Gasteiger partial charge on any atom is 0.262 e. The summed E-state index contributed by atoms with van der Waals surface area (Å²) < 4.78 is 48.0. The number of hydrogen-bond acceptors (Lipinski definition) is 6. The Morgan fingerprint density at radius 2 is 1.86 bits per heavy atom. The van der Waals surface area contributed by atoms with Gasteiger partial charge in [-0.05, 0) is 43.5 Å². The molecule has 36 heavy (non-hydrogen) atoms. The lowest BCUT2D eigenvalue weighted by atomic mass is 9.97. The summed E-state index contributed by atoms with van der Waals surface area (Å²) in [6.07, 6.45) is 1.21. The molecule has 1 N–H and O–H groups in total. The van der Waals surface area contributed by atoms with Crippen LogP contribution in [0.1, 0.15) is 18.4 Å². The third kappa shape index (κ3) is 4.64. The van der Waals surface area contributed by atoms with Gasteiger partial charge in [0.2, 0.25) is 15.9 Å². The Kier molecular flexibility index (Phi) is 6.60. The maximum absolute atomic E-state index is 14.1. The summed E-state index contributed by atoms with van der Waals surface area (Å²) in [7, 11) is -3.87. The molecule has 9 nitrogen and oxygen atoms in total. The normalized spacial score (nSPS) is 20.9. The van der Waals surface area contributed by atoms with Crippen LogP contribution >= 0.6 is 0 Å². The van der Waals surface area contributed by atoms with Crippen LogP contribution in [-0.4, -0.2) is 75.3 Å². The molecule has 11 heteroatoms. The molecule has 3 aliphatic heterocycles.